The van der Waals surface area contributed by atoms with E-state index in [1.54, 1.807) is 0 Å². The van der Waals surface area contributed by atoms with Crippen molar-refractivity contribution in [3.05, 3.63) is 158 Å². The molecule has 11 rings (SSSR count). The maximum atomic E-state index is 9.61. The van der Waals surface area contributed by atoms with E-state index in [1.807, 2.05) is 12.1 Å². The van der Waals surface area contributed by atoms with Gasteiger partial charge in [0.2, 0.25) is 0 Å². The Balaban J connectivity index is 1.13. The molecule has 3 heterocycles. The fourth-order valence-electron chi connectivity index (χ4n) is 7.11. The molecule has 0 aliphatic carbocycles. The van der Waals surface area contributed by atoms with Crippen molar-refractivity contribution in [2.24, 2.45) is 0 Å². The Hall–Kier alpha value is -5.94. The normalized spacial score (nSPS) is 15.1. The quantitative estimate of drug-likeness (QED) is 0.173. The van der Waals surface area contributed by atoms with Gasteiger partial charge in [-0.3, -0.25) is 0 Å². The van der Waals surface area contributed by atoms with Crippen LogP contribution in [0.3, 0.4) is 0 Å². The van der Waals surface area contributed by atoms with Crippen molar-refractivity contribution in [3.8, 4) is 33.5 Å². The van der Waals surface area contributed by atoms with Crippen LogP contribution >= 0.6 is 22.7 Å². The van der Waals surface area contributed by atoms with Gasteiger partial charge in [0.1, 0.15) is 6.33 Å². The van der Waals surface area contributed by atoms with E-state index in [-0.39, 0.29) is 54.6 Å². The lowest BCUT2D eigenvalue weighted by atomic mass is 9.92. The van der Waals surface area contributed by atoms with Crippen LogP contribution in [0.15, 0.2) is 158 Å². The third-order valence-electron chi connectivity index (χ3n) is 9.38. The molecule has 2 nitrogen and oxygen atoms in total. The minimum atomic E-state index is -0.561. The van der Waals surface area contributed by atoms with Gasteiger partial charge in [-0.15, -0.1) is 22.7 Å². The van der Waals surface area contributed by atoms with E-state index in [0.29, 0.717) is 10.2 Å². The second-order valence-corrected chi connectivity index (χ2v) is 14.1. The summed E-state index contributed by atoms with van der Waals surface area (Å²) in [6, 6.07) is 24.4. The van der Waals surface area contributed by atoms with Crippen LogP contribution in [0.1, 0.15) is 15.1 Å². The Morgan fingerprint density at radius 1 is 0.440 bits per heavy atom. The lowest BCUT2D eigenvalue weighted by molar-refractivity contribution is 1.24. The van der Waals surface area contributed by atoms with Crippen LogP contribution in [0.4, 0.5) is 0 Å². The van der Waals surface area contributed by atoms with Gasteiger partial charge in [0.05, 0.1) is 31.0 Å². The maximum absolute atomic E-state index is 9.61. The van der Waals surface area contributed by atoms with Crippen molar-refractivity contribution in [2.75, 3.05) is 0 Å². The van der Waals surface area contributed by atoms with Gasteiger partial charge in [-0.05, 0) is 84.9 Å². The second kappa shape index (κ2) is 10.8. The van der Waals surface area contributed by atoms with Gasteiger partial charge in [-0.2, -0.15) is 0 Å². The van der Waals surface area contributed by atoms with Crippen LogP contribution in [0.5, 0.6) is 0 Å². The first-order valence-electron chi connectivity index (χ1n) is 21.4. The molecule has 4 heteroatoms. The maximum Gasteiger partial charge on any atom is 0.116 e. The fourth-order valence-corrected chi connectivity index (χ4v) is 9.32. The summed E-state index contributed by atoms with van der Waals surface area (Å²) >= 11 is 2.26. The van der Waals surface area contributed by atoms with Crippen molar-refractivity contribution >= 4 is 95.5 Å². The number of aromatic nitrogens is 2. The highest BCUT2D eigenvalue weighted by Crippen LogP contribution is 2.43. The molecule has 0 atom stereocenters. The SMILES string of the molecule is [2H]c1c([2H])c(-c2ncnc3c2sc2ccc(-c4ccc5c6ccccc6c6ccccc6c5c4)cc23)c([2H])c(-c2c([2H])c([2H])c([2H])c3c2sc2c([2H])c([2H])c([2H])c([2H])c23)c1[2H]. The number of thiophene rings is 2. The third kappa shape index (κ3) is 4.13. The van der Waals surface area contributed by atoms with E-state index < -0.39 is 54.4 Å². The third-order valence-corrected chi connectivity index (χ3v) is 11.7. The lowest BCUT2D eigenvalue weighted by Crippen LogP contribution is -1.87. The molecule has 11 aromatic rings. The Kier molecular flexibility index (Phi) is 4.16. The summed E-state index contributed by atoms with van der Waals surface area (Å²) in [6.45, 7) is 0. The molecule has 0 amide bonds. The van der Waals surface area contributed by atoms with E-state index in [4.69, 9.17) is 13.7 Å². The number of fused-ring (bicyclic) bond motifs is 12. The summed E-state index contributed by atoms with van der Waals surface area (Å²) in [5.74, 6) is 0. The summed E-state index contributed by atoms with van der Waals surface area (Å²) < 4.78 is 98.9. The molecule has 0 fully saturated rings. The Bertz CT molecular complexity index is 3770. The molecule has 50 heavy (non-hydrogen) atoms. The van der Waals surface area contributed by atoms with Gasteiger partial charge in [-0.1, -0.05) is 121 Å². The zero-order valence-electron chi connectivity index (χ0n) is 36.9. The van der Waals surface area contributed by atoms with Crippen molar-refractivity contribution in [1.82, 2.24) is 9.97 Å². The van der Waals surface area contributed by atoms with Crippen LogP contribution in [0.2, 0.25) is 0 Å². The predicted octanol–water partition coefficient (Wildman–Crippen LogP) is 13.7. The van der Waals surface area contributed by atoms with Crippen molar-refractivity contribution in [3.63, 3.8) is 0 Å². The lowest BCUT2D eigenvalue weighted by Gasteiger charge is -2.12. The molecule has 0 radical (unpaired) electrons. The second-order valence-electron chi connectivity index (χ2n) is 12.1. The molecule has 0 unspecified atom stereocenters. The van der Waals surface area contributed by atoms with Gasteiger partial charge < -0.3 is 0 Å². The number of hydrogen-bond donors (Lipinski definition) is 0. The first kappa shape index (κ1) is 19.3. The molecule has 8 aromatic carbocycles. The highest BCUT2D eigenvalue weighted by molar-refractivity contribution is 7.26. The van der Waals surface area contributed by atoms with Crippen molar-refractivity contribution in [2.45, 2.75) is 0 Å². The van der Waals surface area contributed by atoms with Crippen molar-refractivity contribution in [1.29, 1.82) is 0 Å². The van der Waals surface area contributed by atoms with Gasteiger partial charge in [0, 0.05) is 35.8 Å². The van der Waals surface area contributed by atoms with Gasteiger partial charge in [0.15, 0.2) is 0 Å². The van der Waals surface area contributed by atoms with Crippen LogP contribution < -0.4 is 0 Å². The Labute approximate surface area is 311 Å². The number of hydrogen-bond acceptors (Lipinski definition) is 4. The Morgan fingerprint density at radius 2 is 1.08 bits per heavy atom. The summed E-state index contributed by atoms with van der Waals surface area (Å²) in [7, 11) is 0. The average Bonchev–Trinajstić information content (AvgIpc) is 3.87. The molecule has 0 bridgehead atoms. The zero-order valence-corrected chi connectivity index (χ0v) is 27.5. The molecule has 232 valence electrons. The highest BCUT2D eigenvalue weighted by atomic mass is 32.1. The van der Waals surface area contributed by atoms with Crippen LogP contribution in [0.25, 0.3) is 106 Å². The molecular formula is C46H26N2S2. The Morgan fingerprint density at radius 3 is 1.90 bits per heavy atom. The molecule has 0 N–H and O–H groups in total. The smallest absolute Gasteiger partial charge is 0.116 e. The highest BCUT2D eigenvalue weighted by Gasteiger charge is 2.17. The van der Waals surface area contributed by atoms with E-state index in [0.717, 1.165) is 48.7 Å². The number of rotatable bonds is 3. The molecule has 0 spiro atoms. The predicted molar refractivity (Wildman–Crippen MR) is 217 cm³/mol. The summed E-state index contributed by atoms with van der Waals surface area (Å²) in [5, 5.41) is 7.87. The average molecular weight is 682 g/mol. The van der Waals surface area contributed by atoms with Crippen LogP contribution in [0, 0.1) is 0 Å². The van der Waals surface area contributed by atoms with Crippen LogP contribution in [-0.2, 0) is 0 Å². The minimum Gasteiger partial charge on any atom is -0.235 e. The molecule has 0 saturated heterocycles. The molecular weight excluding hydrogens is 645 g/mol. The molecule has 0 aliphatic heterocycles. The zero-order chi connectivity index (χ0) is 42.3. The molecule has 0 saturated carbocycles. The standard InChI is InChI=1S/C46H26N2S2/c1-2-13-34-32(11-1)33-12-3-4-14-35(33)39-24-27(19-21-36(34)39)28-20-22-42-40(25-28)44-46(50-42)43(47-26-48-44)30-10-7-9-29(23-30)31-16-8-17-38-37-15-5-6-18-41(37)49-45(31)38/h1-26H/i5D,6D,7D,8D,9D,10D,15D,16D,17D,18D,23D. The topological polar surface area (TPSA) is 25.8 Å². The van der Waals surface area contributed by atoms with Crippen molar-refractivity contribution < 1.29 is 15.1 Å². The first-order valence-corrected chi connectivity index (χ1v) is 17.5. The minimum absolute atomic E-state index is 0.00233. The van der Waals surface area contributed by atoms with Gasteiger partial charge in [0.25, 0.3) is 0 Å². The largest absolute Gasteiger partial charge is 0.235 e. The van der Waals surface area contributed by atoms with E-state index in [2.05, 4.69) is 82.8 Å². The molecule has 3 aromatic heterocycles. The monoisotopic (exact) mass is 681 g/mol. The number of nitrogens with zero attached hydrogens (tertiary/aromatic N) is 2. The van der Waals surface area contributed by atoms with E-state index in [1.165, 1.54) is 33.8 Å². The van der Waals surface area contributed by atoms with E-state index in [9.17, 15) is 1.37 Å². The number of benzene rings is 8. The summed E-state index contributed by atoms with van der Waals surface area (Å²) in [4.78, 5) is 9.25. The molecule has 0 aliphatic rings. The van der Waals surface area contributed by atoms with Crippen LogP contribution in [-0.4, -0.2) is 9.97 Å². The summed E-state index contributed by atoms with van der Waals surface area (Å²) in [6.07, 6.45) is 1.35. The summed E-state index contributed by atoms with van der Waals surface area (Å²) in [5.41, 5.74) is 2.33. The van der Waals surface area contributed by atoms with Gasteiger partial charge >= 0.3 is 0 Å². The van der Waals surface area contributed by atoms with E-state index >= 15 is 0 Å². The first-order chi connectivity index (χ1) is 29.4. The van der Waals surface area contributed by atoms with Gasteiger partial charge in [-0.25, -0.2) is 9.97 Å². The fraction of sp³-hybridized carbons (Fsp3) is 0.